The number of allylic oxidation sites excluding steroid dienone is 2. The summed E-state index contributed by atoms with van der Waals surface area (Å²) in [5.41, 5.74) is 11.7. The first-order valence-corrected chi connectivity index (χ1v) is 17.0. The summed E-state index contributed by atoms with van der Waals surface area (Å²) in [6, 6.07) is 36.0. The van der Waals surface area contributed by atoms with E-state index in [9.17, 15) is 0 Å². The zero-order chi connectivity index (χ0) is 22.9. The van der Waals surface area contributed by atoms with Gasteiger partial charge in [0.25, 0.3) is 0 Å². The molecule has 3 aliphatic rings. The van der Waals surface area contributed by atoms with Crippen LogP contribution in [0, 0.1) is 0 Å². The molecular weight excluding hydrogens is 531 g/mol. The van der Waals surface area contributed by atoms with Crippen molar-refractivity contribution in [3.63, 3.8) is 0 Å². The van der Waals surface area contributed by atoms with E-state index in [1.54, 1.807) is 21.5 Å². The Hall–Kier alpha value is -2.13. The number of rotatable bonds is 2. The number of hydrogen-bond acceptors (Lipinski definition) is 0. The Morgan fingerprint density at radius 2 is 0.944 bits per heavy atom. The standard InChI is InChI=1S/C32H26Si.2ClH.Ti/c1-33(2,27-19-25-15-9-17-29(31(25)21-27)23-11-5-3-6-12-23)28-20-26-16-10-18-30(32(26)22-28)24-13-7-4-8-14-24;;;/h3-22H,1-2H3;2*1H;/q;;;+2/p-2. The SMILES string of the molecule is C[Si]1(C)C2=Cc3c(-c4ccccc4)cccc3[CH]2[Ti+2][CH]2C1=Cc1c(-c3ccccc3)cccc12.[Cl-].[Cl-]. The fourth-order valence-corrected chi connectivity index (χ4v) is 16.2. The molecule has 1 aliphatic heterocycles. The van der Waals surface area contributed by atoms with Crippen molar-refractivity contribution < 1.29 is 44.0 Å². The molecular formula is C32H26Cl2SiTi. The maximum atomic E-state index is 2.62. The van der Waals surface area contributed by atoms with Crippen LogP contribution in [0.5, 0.6) is 0 Å². The molecule has 0 amide bonds. The summed E-state index contributed by atoms with van der Waals surface area (Å²) in [5.74, 6) is 0. The molecule has 0 nitrogen and oxygen atoms in total. The van der Waals surface area contributed by atoms with Crippen LogP contribution in [0.4, 0.5) is 0 Å². The molecule has 2 atom stereocenters. The van der Waals surface area contributed by atoms with Crippen molar-refractivity contribution >= 4 is 20.2 Å². The third-order valence-corrected chi connectivity index (χ3v) is 15.7. The topological polar surface area (TPSA) is 0 Å². The maximum Gasteiger partial charge on any atom is -1.00 e. The largest absolute Gasteiger partial charge is 1.00 e. The number of hydrogen-bond donors (Lipinski definition) is 0. The van der Waals surface area contributed by atoms with Gasteiger partial charge in [-0.05, 0) is 0 Å². The fourth-order valence-electron chi connectivity index (χ4n) is 6.32. The van der Waals surface area contributed by atoms with Crippen LogP contribution >= 0.6 is 0 Å². The second-order valence-electron chi connectivity index (χ2n) is 10.2. The van der Waals surface area contributed by atoms with Gasteiger partial charge >= 0.3 is 213 Å². The Balaban J connectivity index is 0.00000133. The van der Waals surface area contributed by atoms with Crippen LogP contribution < -0.4 is 24.8 Å². The average molecular weight is 557 g/mol. The Kier molecular flexibility index (Phi) is 6.83. The van der Waals surface area contributed by atoms with Crippen molar-refractivity contribution in [3.8, 4) is 22.3 Å². The van der Waals surface area contributed by atoms with Crippen LogP contribution in [0.2, 0.25) is 13.1 Å². The summed E-state index contributed by atoms with van der Waals surface area (Å²) >= 11 is -0.252. The van der Waals surface area contributed by atoms with Crippen molar-refractivity contribution in [2.24, 2.45) is 0 Å². The van der Waals surface area contributed by atoms with E-state index >= 15 is 0 Å². The van der Waals surface area contributed by atoms with Crippen molar-refractivity contribution in [2.75, 3.05) is 0 Å². The summed E-state index contributed by atoms with van der Waals surface area (Å²) in [6.45, 7) is 5.22. The van der Waals surface area contributed by atoms with Gasteiger partial charge in [-0.2, -0.15) is 0 Å². The van der Waals surface area contributed by atoms with Gasteiger partial charge < -0.3 is 24.8 Å². The predicted molar refractivity (Wildman–Crippen MR) is 143 cm³/mol. The van der Waals surface area contributed by atoms with E-state index in [4.69, 9.17) is 0 Å². The van der Waals surface area contributed by atoms with E-state index < -0.39 is 8.07 Å². The van der Waals surface area contributed by atoms with Crippen molar-refractivity contribution in [2.45, 2.75) is 21.5 Å². The second kappa shape index (κ2) is 9.63. The minimum absolute atomic E-state index is 0. The molecule has 0 aromatic heterocycles. The molecule has 2 unspecified atom stereocenters. The van der Waals surface area contributed by atoms with Crippen LogP contribution in [0.3, 0.4) is 0 Å². The van der Waals surface area contributed by atoms with Crippen molar-refractivity contribution in [1.82, 2.24) is 0 Å². The molecule has 0 radical (unpaired) electrons. The average Bonchev–Trinajstić information content (AvgIpc) is 3.45. The second-order valence-corrected chi connectivity index (χ2v) is 16.9. The predicted octanol–water partition coefficient (Wildman–Crippen LogP) is 2.49. The van der Waals surface area contributed by atoms with Crippen LogP contribution in [0.1, 0.15) is 30.7 Å². The third kappa shape index (κ3) is 3.76. The Labute approximate surface area is 236 Å². The minimum Gasteiger partial charge on any atom is -1.00 e. The maximum absolute atomic E-state index is 2.62. The van der Waals surface area contributed by atoms with E-state index in [0.717, 1.165) is 0 Å². The van der Waals surface area contributed by atoms with E-state index in [1.165, 1.54) is 33.4 Å². The molecule has 176 valence electrons. The molecule has 0 N–H and O–H groups in total. The first kappa shape index (κ1) is 25.5. The zero-order valence-corrected chi connectivity index (χ0v) is 24.4. The van der Waals surface area contributed by atoms with E-state index in [-0.39, 0.29) is 44.0 Å². The molecule has 0 bridgehead atoms. The Morgan fingerprint density at radius 1 is 0.528 bits per heavy atom. The van der Waals surface area contributed by atoms with E-state index in [2.05, 4.69) is 122 Å². The van der Waals surface area contributed by atoms with Gasteiger partial charge in [0.2, 0.25) is 0 Å². The first-order valence-electron chi connectivity index (χ1n) is 12.2. The third-order valence-electron chi connectivity index (χ3n) is 8.07. The van der Waals surface area contributed by atoms with Crippen LogP contribution in [0.25, 0.3) is 34.4 Å². The number of halogens is 2. The van der Waals surface area contributed by atoms with Gasteiger partial charge in [-0.1, -0.05) is 0 Å². The molecule has 0 saturated carbocycles. The van der Waals surface area contributed by atoms with E-state index in [0.29, 0.717) is 8.45 Å². The van der Waals surface area contributed by atoms with Gasteiger partial charge in [0.1, 0.15) is 0 Å². The monoisotopic (exact) mass is 556 g/mol. The molecule has 0 spiro atoms. The molecule has 1 heterocycles. The fraction of sp³-hybridized carbons (Fsp3) is 0.125. The molecule has 1 fully saturated rings. The van der Waals surface area contributed by atoms with Crippen LogP contribution in [-0.2, 0) is 19.2 Å². The first-order chi connectivity index (χ1) is 16.6. The number of fused-ring (bicyclic) bond motifs is 6. The van der Waals surface area contributed by atoms with Crippen LogP contribution in [-0.4, -0.2) is 8.07 Å². The van der Waals surface area contributed by atoms with Gasteiger partial charge in [0.15, 0.2) is 0 Å². The molecule has 4 aromatic rings. The van der Waals surface area contributed by atoms with E-state index in [1.807, 2.05) is 0 Å². The van der Waals surface area contributed by atoms with Crippen molar-refractivity contribution in [3.05, 3.63) is 130 Å². The summed E-state index contributed by atoms with van der Waals surface area (Å²) in [6.07, 6.45) is 5.24. The quantitative estimate of drug-likeness (QED) is 0.333. The van der Waals surface area contributed by atoms with Crippen LogP contribution in [0.15, 0.2) is 107 Å². The smallest absolute Gasteiger partial charge is 1.00 e. The molecule has 4 aromatic carbocycles. The molecule has 36 heavy (non-hydrogen) atoms. The normalized spacial score (nSPS) is 19.5. The molecule has 7 rings (SSSR count). The van der Waals surface area contributed by atoms with Gasteiger partial charge in [-0.15, -0.1) is 0 Å². The number of benzene rings is 4. The Bertz CT molecular complexity index is 1390. The summed E-state index contributed by atoms with van der Waals surface area (Å²) in [5, 5.41) is 3.56. The molecule has 1 saturated heterocycles. The van der Waals surface area contributed by atoms with Gasteiger partial charge in [0, 0.05) is 0 Å². The molecule has 2 aliphatic carbocycles. The summed E-state index contributed by atoms with van der Waals surface area (Å²) in [7, 11) is -1.74. The summed E-state index contributed by atoms with van der Waals surface area (Å²) < 4.78 is 1.35. The minimum atomic E-state index is -1.74. The molecule has 4 heteroatoms. The van der Waals surface area contributed by atoms with Gasteiger partial charge in [-0.25, -0.2) is 0 Å². The van der Waals surface area contributed by atoms with Gasteiger partial charge in [-0.3, -0.25) is 0 Å². The zero-order valence-electron chi connectivity index (χ0n) is 20.3. The Morgan fingerprint density at radius 3 is 1.36 bits per heavy atom. The van der Waals surface area contributed by atoms with Gasteiger partial charge in [0.05, 0.1) is 0 Å². The van der Waals surface area contributed by atoms with Crippen molar-refractivity contribution in [1.29, 1.82) is 0 Å². The summed E-state index contributed by atoms with van der Waals surface area (Å²) in [4.78, 5) is 0.